The molecule has 1 aliphatic rings. The summed E-state index contributed by atoms with van der Waals surface area (Å²) in [5.74, 6) is 1.09. The average Bonchev–Trinajstić information content (AvgIpc) is 2.46. The molecule has 0 amide bonds. The minimum absolute atomic E-state index is 0.0997. The van der Waals surface area contributed by atoms with Crippen LogP contribution in [0, 0.1) is 5.92 Å². The van der Waals surface area contributed by atoms with E-state index in [-0.39, 0.29) is 11.0 Å². The van der Waals surface area contributed by atoms with Crippen molar-refractivity contribution in [3.05, 3.63) is 18.2 Å². The van der Waals surface area contributed by atoms with E-state index >= 15 is 0 Å². The summed E-state index contributed by atoms with van der Waals surface area (Å²) < 4.78 is 32.7. The first-order valence-electron chi connectivity index (χ1n) is 7.18. The van der Waals surface area contributed by atoms with E-state index in [2.05, 4.69) is 23.9 Å². The molecule has 0 saturated carbocycles. The normalized spacial score (nSPS) is 18.0. The first-order valence-corrected chi connectivity index (χ1v) is 8.66. The fourth-order valence-corrected chi connectivity index (χ4v) is 3.20. The smallest absolute Gasteiger partial charge is 0.240 e. The van der Waals surface area contributed by atoms with Gasteiger partial charge < -0.3 is 15.8 Å². The lowest BCUT2D eigenvalue weighted by molar-refractivity contribution is 0.156. The number of ether oxygens (including phenoxy) is 1. The number of fused-ring (bicyclic) bond motifs is 1. The summed E-state index contributed by atoms with van der Waals surface area (Å²) in [5, 5.41) is 3.24. The zero-order chi connectivity index (χ0) is 15.5. The van der Waals surface area contributed by atoms with Gasteiger partial charge in [-0.2, -0.15) is 0 Å². The summed E-state index contributed by atoms with van der Waals surface area (Å²) >= 11 is 0. The molecule has 0 spiro atoms. The molecular formula is C14H23N3O3S. The Morgan fingerprint density at radius 2 is 2.24 bits per heavy atom. The lowest BCUT2D eigenvalue weighted by Crippen LogP contribution is -2.35. The van der Waals surface area contributed by atoms with Crippen molar-refractivity contribution in [1.29, 1.82) is 0 Å². The first-order chi connectivity index (χ1) is 9.94. The second kappa shape index (κ2) is 6.64. The van der Waals surface area contributed by atoms with Crippen LogP contribution in [-0.2, 0) is 10.0 Å². The number of rotatable bonds is 6. The van der Waals surface area contributed by atoms with Gasteiger partial charge in [0.15, 0.2) is 0 Å². The third kappa shape index (κ3) is 3.87. The molecule has 21 heavy (non-hydrogen) atoms. The molecule has 0 radical (unpaired) electrons. The number of hydrogen-bond acceptors (Lipinski definition) is 5. The lowest BCUT2D eigenvalue weighted by Gasteiger charge is -2.30. The monoisotopic (exact) mass is 313 g/mol. The van der Waals surface area contributed by atoms with Crippen molar-refractivity contribution in [2.24, 2.45) is 11.7 Å². The Bertz CT molecular complexity index is 587. The third-order valence-electron chi connectivity index (χ3n) is 3.45. The molecule has 1 atom stereocenters. The van der Waals surface area contributed by atoms with E-state index in [1.165, 1.54) is 0 Å². The number of nitrogens with two attached hydrogens (primary N) is 1. The van der Waals surface area contributed by atoms with Crippen LogP contribution in [0.3, 0.4) is 0 Å². The second-order valence-corrected chi connectivity index (χ2v) is 7.25. The number of nitrogens with one attached hydrogen (secondary N) is 2. The molecule has 118 valence electrons. The molecule has 0 aliphatic carbocycles. The van der Waals surface area contributed by atoms with Gasteiger partial charge in [0.1, 0.15) is 11.9 Å². The van der Waals surface area contributed by atoms with Crippen LogP contribution in [0.15, 0.2) is 23.1 Å². The molecule has 0 fully saturated rings. The Balaban J connectivity index is 2.15. The van der Waals surface area contributed by atoms with Gasteiger partial charge in [-0.25, -0.2) is 13.1 Å². The SMILES string of the molecule is CC(C)C1CNc2cc(S(=O)(=O)NCCCN)ccc2O1. The molecule has 7 heteroatoms. The van der Waals surface area contributed by atoms with Gasteiger partial charge in [0.05, 0.1) is 17.1 Å². The van der Waals surface area contributed by atoms with E-state index in [1.807, 2.05) is 0 Å². The van der Waals surface area contributed by atoms with Crippen molar-refractivity contribution in [2.45, 2.75) is 31.3 Å². The second-order valence-electron chi connectivity index (χ2n) is 5.48. The van der Waals surface area contributed by atoms with Gasteiger partial charge in [-0.1, -0.05) is 13.8 Å². The number of hydrogen-bond donors (Lipinski definition) is 3. The molecule has 1 aromatic carbocycles. The highest BCUT2D eigenvalue weighted by Crippen LogP contribution is 2.32. The van der Waals surface area contributed by atoms with Crippen LogP contribution >= 0.6 is 0 Å². The minimum Gasteiger partial charge on any atom is -0.486 e. The highest BCUT2D eigenvalue weighted by molar-refractivity contribution is 7.89. The maximum Gasteiger partial charge on any atom is 0.240 e. The van der Waals surface area contributed by atoms with E-state index in [1.54, 1.807) is 18.2 Å². The Kier molecular flexibility index (Phi) is 5.08. The van der Waals surface area contributed by atoms with E-state index in [0.29, 0.717) is 43.4 Å². The molecule has 6 nitrogen and oxygen atoms in total. The third-order valence-corrected chi connectivity index (χ3v) is 4.91. The van der Waals surface area contributed by atoms with Crippen molar-refractivity contribution in [3.63, 3.8) is 0 Å². The van der Waals surface area contributed by atoms with Crippen LogP contribution in [0.1, 0.15) is 20.3 Å². The molecule has 0 bridgehead atoms. The van der Waals surface area contributed by atoms with Gasteiger partial charge in [-0.05, 0) is 37.1 Å². The van der Waals surface area contributed by atoms with Crippen molar-refractivity contribution >= 4 is 15.7 Å². The standard InChI is InChI=1S/C14H23N3O3S/c1-10(2)14-9-16-12-8-11(4-5-13(12)20-14)21(18,19)17-7-3-6-15/h4-5,8,10,14,16-17H,3,6-7,9,15H2,1-2H3. The number of sulfonamides is 1. The quantitative estimate of drug-likeness (QED) is 0.685. The van der Waals surface area contributed by atoms with Gasteiger partial charge >= 0.3 is 0 Å². The topological polar surface area (TPSA) is 93.5 Å². The summed E-state index contributed by atoms with van der Waals surface area (Å²) in [6.45, 7) is 5.66. The molecule has 2 rings (SSSR count). The average molecular weight is 313 g/mol. The van der Waals surface area contributed by atoms with Gasteiger partial charge in [0, 0.05) is 6.54 Å². The maximum absolute atomic E-state index is 12.1. The lowest BCUT2D eigenvalue weighted by atomic mass is 10.1. The fourth-order valence-electron chi connectivity index (χ4n) is 2.10. The van der Waals surface area contributed by atoms with E-state index in [4.69, 9.17) is 10.5 Å². The predicted molar refractivity (Wildman–Crippen MR) is 83.0 cm³/mol. The molecule has 1 aliphatic heterocycles. The minimum atomic E-state index is -3.50. The number of anilines is 1. The number of benzene rings is 1. The summed E-state index contributed by atoms with van der Waals surface area (Å²) in [5.41, 5.74) is 6.08. The van der Waals surface area contributed by atoms with Crippen molar-refractivity contribution < 1.29 is 13.2 Å². The molecule has 0 aromatic heterocycles. The predicted octanol–water partition coefficient (Wildman–Crippen LogP) is 1.14. The highest BCUT2D eigenvalue weighted by Gasteiger charge is 2.24. The van der Waals surface area contributed by atoms with Crippen molar-refractivity contribution in [3.8, 4) is 5.75 Å². The summed E-state index contributed by atoms with van der Waals surface area (Å²) in [7, 11) is -3.50. The molecule has 1 aromatic rings. The maximum atomic E-state index is 12.1. The van der Waals surface area contributed by atoms with Gasteiger partial charge in [0.2, 0.25) is 10.0 Å². The van der Waals surface area contributed by atoms with Crippen LogP contribution in [0.5, 0.6) is 5.75 Å². The van der Waals surface area contributed by atoms with E-state index < -0.39 is 10.0 Å². The Morgan fingerprint density at radius 1 is 1.48 bits per heavy atom. The van der Waals surface area contributed by atoms with Crippen LogP contribution in [0.4, 0.5) is 5.69 Å². The van der Waals surface area contributed by atoms with E-state index in [9.17, 15) is 8.42 Å². The molecule has 1 unspecified atom stereocenters. The van der Waals surface area contributed by atoms with Crippen LogP contribution in [-0.4, -0.2) is 34.2 Å². The van der Waals surface area contributed by atoms with Gasteiger partial charge in [0.25, 0.3) is 0 Å². The van der Waals surface area contributed by atoms with Crippen molar-refractivity contribution in [1.82, 2.24) is 4.72 Å². The highest BCUT2D eigenvalue weighted by atomic mass is 32.2. The molecular weight excluding hydrogens is 290 g/mol. The van der Waals surface area contributed by atoms with Crippen molar-refractivity contribution in [2.75, 3.05) is 25.0 Å². The van der Waals surface area contributed by atoms with E-state index in [0.717, 1.165) is 0 Å². The Hall–Kier alpha value is -1.31. The van der Waals surface area contributed by atoms with Crippen LogP contribution in [0.25, 0.3) is 0 Å². The molecule has 0 saturated heterocycles. The molecule has 1 heterocycles. The largest absolute Gasteiger partial charge is 0.486 e. The first kappa shape index (κ1) is 16.1. The Morgan fingerprint density at radius 3 is 2.90 bits per heavy atom. The van der Waals surface area contributed by atoms with Crippen LogP contribution in [0.2, 0.25) is 0 Å². The Labute approximate surface area is 126 Å². The zero-order valence-electron chi connectivity index (χ0n) is 12.4. The zero-order valence-corrected chi connectivity index (χ0v) is 13.2. The summed E-state index contributed by atoms with van der Waals surface area (Å²) in [6, 6.07) is 4.87. The van der Waals surface area contributed by atoms with Crippen LogP contribution < -0.4 is 20.5 Å². The fraction of sp³-hybridized carbons (Fsp3) is 0.571. The molecule has 4 N–H and O–H groups in total. The summed E-state index contributed by atoms with van der Waals surface area (Å²) in [4.78, 5) is 0.234. The van der Waals surface area contributed by atoms with Gasteiger partial charge in [-0.3, -0.25) is 0 Å². The van der Waals surface area contributed by atoms with Gasteiger partial charge in [-0.15, -0.1) is 0 Å². The summed E-state index contributed by atoms with van der Waals surface area (Å²) in [6.07, 6.45) is 0.712.